The van der Waals surface area contributed by atoms with Gasteiger partial charge in [0, 0.05) is 38.6 Å². The van der Waals surface area contributed by atoms with Crippen molar-refractivity contribution >= 4 is 36.0 Å². The lowest BCUT2D eigenvalue weighted by molar-refractivity contribution is 0.0186. The average molecular weight is 477 g/mol. The second-order valence-electron chi connectivity index (χ2n) is 6.95. The lowest BCUT2D eigenvalue weighted by Crippen LogP contribution is -2.53. The van der Waals surface area contributed by atoms with Gasteiger partial charge in [0.15, 0.2) is 5.96 Å². The van der Waals surface area contributed by atoms with Crippen LogP contribution in [-0.2, 0) is 4.74 Å². The van der Waals surface area contributed by atoms with Gasteiger partial charge in [0.1, 0.15) is 5.60 Å². The van der Waals surface area contributed by atoms with E-state index in [2.05, 4.69) is 9.98 Å². The van der Waals surface area contributed by atoms with Crippen LogP contribution >= 0.6 is 24.0 Å². The Balaban J connectivity index is 0.00000338. The van der Waals surface area contributed by atoms with Gasteiger partial charge in [0.2, 0.25) is 0 Å². The predicted octanol–water partition coefficient (Wildman–Crippen LogP) is 1.60. The number of aromatic nitrogens is 1. The molecule has 9 heteroatoms. The first kappa shape index (κ1) is 22.4. The Kier molecular flexibility index (Phi) is 8.54. The van der Waals surface area contributed by atoms with Crippen molar-refractivity contribution in [2.24, 2.45) is 10.7 Å². The maximum atomic E-state index is 12.0. The van der Waals surface area contributed by atoms with Gasteiger partial charge in [-0.15, -0.1) is 24.0 Å². The van der Waals surface area contributed by atoms with Crippen molar-refractivity contribution in [2.75, 3.05) is 32.7 Å². The smallest absolute Gasteiger partial charge is 0.410 e. The fraction of sp³-hybridized carbons (Fsp3) is 0.588. The van der Waals surface area contributed by atoms with Crippen molar-refractivity contribution in [1.82, 2.24) is 14.8 Å². The molecule has 26 heavy (non-hydrogen) atoms. The number of piperazine rings is 1. The van der Waals surface area contributed by atoms with Gasteiger partial charge in [-0.2, -0.15) is 0 Å². The molecule has 2 heterocycles. The number of aliphatic hydroxyl groups is 1. The van der Waals surface area contributed by atoms with Gasteiger partial charge < -0.3 is 25.4 Å². The van der Waals surface area contributed by atoms with Crippen molar-refractivity contribution < 1.29 is 14.6 Å². The molecule has 1 atom stereocenters. The summed E-state index contributed by atoms with van der Waals surface area (Å²) in [5.41, 5.74) is 6.26. The molecular formula is C17H28IN5O3. The van der Waals surface area contributed by atoms with Crippen LogP contribution in [0.5, 0.6) is 0 Å². The summed E-state index contributed by atoms with van der Waals surface area (Å²) in [5.74, 6) is 0.372. The van der Waals surface area contributed by atoms with E-state index in [1.807, 2.05) is 25.7 Å². The summed E-state index contributed by atoms with van der Waals surface area (Å²) >= 11 is 0. The molecule has 3 N–H and O–H groups in total. The number of amides is 1. The van der Waals surface area contributed by atoms with E-state index in [1.165, 1.54) is 0 Å². The lowest BCUT2D eigenvalue weighted by Gasteiger charge is -2.36. The highest BCUT2D eigenvalue weighted by molar-refractivity contribution is 14.0. The lowest BCUT2D eigenvalue weighted by atomic mass is 10.1. The number of carbonyl (C=O) groups is 1. The van der Waals surface area contributed by atoms with E-state index in [1.54, 1.807) is 29.4 Å². The molecule has 0 aromatic carbocycles. The van der Waals surface area contributed by atoms with E-state index in [-0.39, 0.29) is 36.6 Å². The quantitative estimate of drug-likeness (QED) is 0.390. The van der Waals surface area contributed by atoms with Gasteiger partial charge in [-0.3, -0.25) is 9.98 Å². The highest BCUT2D eigenvalue weighted by Gasteiger charge is 2.26. The third kappa shape index (κ3) is 6.94. The first-order valence-corrected chi connectivity index (χ1v) is 8.37. The second-order valence-corrected chi connectivity index (χ2v) is 6.95. The molecule has 2 rings (SSSR count). The van der Waals surface area contributed by atoms with E-state index in [0.717, 1.165) is 5.56 Å². The average Bonchev–Trinajstić information content (AvgIpc) is 2.58. The van der Waals surface area contributed by atoms with Crippen molar-refractivity contribution in [2.45, 2.75) is 32.5 Å². The molecule has 0 saturated carbocycles. The Morgan fingerprint density at radius 2 is 1.81 bits per heavy atom. The second kappa shape index (κ2) is 9.91. The molecule has 1 aromatic heterocycles. The molecule has 1 fully saturated rings. The normalized spacial score (nSPS) is 16.7. The first-order valence-electron chi connectivity index (χ1n) is 8.37. The molecular weight excluding hydrogens is 449 g/mol. The molecule has 0 aliphatic carbocycles. The van der Waals surface area contributed by atoms with Crippen LogP contribution in [0, 0.1) is 0 Å². The number of ether oxygens (including phenoxy) is 1. The molecule has 1 unspecified atom stereocenters. The third-order valence-corrected chi connectivity index (χ3v) is 3.77. The summed E-state index contributed by atoms with van der Waals surface area (Å²) < 4.78 is 5.37. The first-order chi connectivity index (χ1) is 11.8. The number of halogens is 1. The number of aliphatic hydroxyl groups excluding tert-OH is 1. The molecule has 0 radical (unpaired) electrons. The van der Waals surface area contributed by atoms with Gasteiger partial charge >= 0.3 is 6.09 Å². The molecule has 1 saturated heterocycles. The molecule has 1 amide bonds. The van der Waals surface area contributed by atoms with E-state index >= 15 is 0 Å². The molecule has 0 spiro atoms. The number of aliphatic imine (C=N–C) groups is 1. The topological polar surface area (TPSA) is 104 Å². The largest absolute Gasteiger partial charge is 0.444 e. The number of guanidine groups is 1. The van der Waals surface area contributed by atoms with Crippen LogP contribution in [0.25, 0.3) is 0 Å². The molecule has 1 aliphatic rings. The number of pyridine rings is 1. The Morgan fingerprint density at radius 3 is 2.35 bits per heavy atom. The summed E-state index contributed by atoms with van der Waals surface area (Å²) in [7, 11) is 0. The Labute approximate surface area is 171 Å². The highest BCUT2D eigenvalue weighted by Crippen LogP contribution is 2.13. The van der Waals surface area contributed by atoms with E-state index < -0.39 is 11.7 Å². The predicted molar refractivity (Wildman–Crippen MR) is 110 cm³/mol. The number of carbonyl (C=O) groups excluding carboxylic acids is 1. The van der Waals surface area contributed by atoms with Gasteiger partial charge in [0.25, 0.3) is 0 Å². The molecule has 146 valence electrons. The van der Waals surface area contributed by atoms with Crippen molar-refractivity contribution in [3.63, 3.8) is 0 Å². The minimum Gasteiger partial charge on any atom is -0.444 e. The molecule has 1 aliphatic heterocycles. The van der Waals surface area contributed by atoms with E-state index in [4.69, 9.17) is 10.5 Å². The number of nitrogens with two attached hydrogens (primary N) is 1. The summed E-state index contributed by atoms with van der Waals surface area (Å²) in [6, 6.07) is 3.49. The van der Waals surface area contributed by atoms with Crippen LogP contribution in [0.2, 0.25) is 0 Å². The number of hydrogen-bond donors (Lipinski definition) is 2. The van der Waals surface area contributed by atoms with Gasteiger partial charge in [-0.05, 0) is 38.5 Å². The number of hydrogen-bond acceptors (Lipinski definition) is 5. The fourth-order valence-electron chi connectivity index (χ4n) is 2.42. The Bertz CT molecular complexity index is 598. The van der Waals surface area contributed by atoms with Crippen LogP contribution in [0.1, 0.15) is 32.4 Å². The van der Waals surface area contributed by atoms with Crippen LogP contribution in [0.15, 0.2) is 29.5 Å². The van der Waals surface area contributed by atoms with E-state index in [9.17, 15) is 9.90 Å². The fourth-order valence-corrected chi connectivity index (χ4v) is 2.42. The van der Waals surface area contributed by atoms with E-state index in [0.29, 0.717) is 32.1 Å². The van der Waals surface area contributed by atoms with Gasteiger partial charge in [0.05, 0.1) is 12.6 Å². The standard InChI is InChI=1S/C17H27N5O3.HI/c1-17(2,3)25-16(24)22-10-8-21(9-11-22)15(18)20-12-14(23)13-4-6-19-7-5-13;/h4-7,14,23H,8-12H2,1-3H3,(H2,18,20);1H. The van der Waals surface area contributed by atoms with Crippen molar-refractivity contribution in [1.29, 1.82) is 0 Å². The maximum absolute atomic E-state index is 12.0. The maximum Gasteiger partial charge on any atom is 0.410 e. The van der Waals surface area contributed by atoms with Gasteiger partial charge in [-0.1, -0.05) is 0 Å². The van der Waals surface area contributed by atoms with Gasteiger partial charge in [-0.25, -0.2) is 4.79 Å². The van der Waals surface area contributed by atoms with Crippen LogP contribution in [0.3, 0.4) is 0 Å². The summed E-state index contributed by atoms with van der Waals surface area (Å²) in [5, 5.41) is 10.1. The molecule has 0 bridgehead atoms. The summed E-state index contributed by atoms with van der Waals surface area (Å²) in [6.45, 7) is 7.94. The van der Waals surface area contributed by atoms with Crippen LogP contribution < -0.4 is 5.73 Å². The molecule has 8 nitrogen and oxygen atoms in total. The summed E-state index contributed by atoms with van der Waals surface area (Å²) in [4.78, 5) is 23.8. The monoisotopic (exact) mass is 477 g/mol. The van der Waals surface area contributed by atoms with Crippen LogP contribution in [-0.4, -0.2) is 70.3 Å². The highest BCUT2D eigenvalue weighted by atomic mass is 127. The molecule has 1 aromatic rings. The SMILES string of the molecule is CC(C)(C)OC(=O)N1CCN(C(N)=NCC(O)c2ccncc2)CC1.I. The van der Waals surface area contributed by atoms with Crippen LogP contribution in [0.4, 0.5) is 4.79 Å². The number of rotatable bonds is 3. The minimum atomic E-state index is -0.718. The van der Waals surface area contributed by atoms with Crippen molar-refractivity contribution in [3.8, 4) is 0 Å². The zero-order chi connectivity index (χ0) is 18.4. The third-order valence-electron chi connectivity index (χ3n) is 3.77. The zero-order valence-corrected chi connectivity index (χ0v) is 17.8. The minimum absolute atomic E-state index is 0. The summed E-state index contributed by atoms with van der Waals surface area (Å²) in [6.07, 6.45) is 2.23. The number of nitrogens with zero attached hydrogens (tertiary/aromatic N) is 4. The Morgan fingerprint density at radius 1 is 1.27 bits per heavy atom. The van der Waals surface area contributed by atoms with Crippen molar-refractivity contribution in [3.05, 3.63) is 30.1 Å². The Hall–Kier alpha value is -1.62. The zero-order valence-electron chi connectivity index (χ0n) is 15.5.